The first-order valence-corrected chi connectivity index (χ1v) is 6.17. The summed E-state index contributed by atoms with van der Waals surface area (Å²) in [6.07, 6.45) is 0. The van der Waals surface area contributed by atoms with Crippen LogP contribution in [0.15, 0.2) is 12.2 Å². The molecule has 6 heteroatoms. The number of alkyl halides is 2. The molecule has 0 fully saturated rings. The van der Waals surface area contributed by atoms with Crippen LogP contribution in [0.2, 0.25) is 0 Å². The fourth-order valence-electron chi connectivity index (χ4n) is 0.536. The van der Waals surface area contributed by atoms with Crippen LogP contribution in [0.3, 0.4) is 0 Å². The Balaban J connectivity index is 4.60. The number of nitrogens with two attached hydrogens (primary N) is 2. The van der Waals surface area contributed by atoms with E-state index in [1.165, 1.54) is 0 Å². The van der Waals surface area contributed by atoms with Crippen molar-refractivity contribution in [2.45, 2.75) is 11.4 Å². The lowest BCUT2D eigenvalue weighted by molar-refractivity contribution is 0.0373. The second-order valence-corrected chi connectivity index (χ2v) is 4.12. The molecule has 0 aliphatic rings. The third-order valence-corrected chi connectivity index (χ3v) is 3.78. The van der Waals surface area contributed by atoms with Crippen molar-refractivity contribution in [3.8, 4) is 0 Å². The van der Waals surface area contributed by atoms with E-state index in [1.54, 1.807) is 0 Å². The van der Waals surface area contributed by atoms with Crippen LogP contribution in [0.5, 0.6) is 0 Å². The van der Waals surface area contributed by atoms with Gasteiger partial charge < -0.3 is 10.2 Å². The first-order valence-electron chi connectivity index (χ1n) is 3.12. The van der Waals surface area contributed by atoms with E-state index < -0.39 is 11.4 Å². The van der Waals surface area contributed by atoms with Gasteiger partial charge in [-0.1, -0.05) is 51.8 Å². The quantitative estimate of drug-likeness (QED) is 0.227. The lowest BCUT2D eigenvalue weighted by Gasteiger charge is -2.32. The van der Waals surface area contributed by atoms with E-state index in [4.69, 9.17) is 11.5 Å². The van der Waals surface area contributed by atoms with Gasteiger partial charge in [0.05, 0.1) is 0 Å². The van der Waals surface area contributed by atoms with Gasteiger partial charge in [0.1, 0.15) is 11.4 Å². The Morgan fingerprint density at radius 3 is 1.58 bits per heavy atom. The lowest BCUT2D eigenvalue weighted by Crippen LogP contribution is -2.56. The van der Waals surface area contributed by atoms with Crippen molar-refractivity contribution in [2.24, 2.45) is 11.5 Å². The fraction of sp³-hybridized carbons (Fsp3) is 0.667. The predicted molar refractivity (Wildman–Crippen MR) is 65.2 cm³/mol. The summed E-state index contributed by atoms with van der Waals surface area (Å²) in [5.41, 5.74) is 7.69. The van der Waals surface area contributed by atoms with Gasteiger partial charge in [-0.15, -0.1) is 0 Å². The first-order chi connectivity index (χ1) is 5.28. The minimum Gasteiger partial charge on any atom is -0.371 e. The third-order valence-electron chi connectivity index (χ3n) is 1.45. The Labute approximate surface area is 98.7 Å². The van der Waals surface area contributed by atoms with E-state index >= 15 is 0 Å². The van der Waals surface area contributed by atoms with Crippen molar-refractivity contribution in [1.29, 1.82) is 0 Å². The second kappa shape index (κ2) is 4.51. The Hall–Kier alpha value is 1.04. The largest absolute Gasteiger partial charge is 0.371 e. The second-order valence-electron chi connectivity index (χ2n) is 2.59. The molecule has 0 bridgehead atoms. The average molecular weight is 398 g/mol. The standard InChI is InChI=1S/C6H12I2N2O2/c1-4(5(9,11)2-7)6(10,12)3-8/h11-12H,1-3,9-10H2/t5-,6-/m1/s1. The van der Waals surface area contributed by atoms with Gasteiger partial charge in [-0.25, -0.2) is 0 Å². The maximum Gasteiger partial charge on any atom is 0.148 e. The minimum absolute atomic E-state index is 0.0406. The maximum absolute atomic E-state index is 9.49. The zero-order chi connectivity index (χ0) is 9.99. The van der Waals surface area contributed by atoms with Gasteiger partial charge in [-0.3, -0.25) is 11.5 Å². The highest BCUT2D eigenvalue weighted by Crippen LogP contribution is 2.22. The summed E-state index contributed by atoms with van der Waals surface area (Å²) in [5, 5.41) is 19.0. The molecule has 12 heavy (non-hydrogen) atoms. The van der Waals surface area contributed by atoms with Gasteiger partial charge in [0.15, 0.2) is 0 Å². The normalized spacial score (nSPS) is 21.2. The van der Waals surface area contributed by atoms with Crippen LogP contribution in [-0.2, 0) is 0 Å². The zero-order valence-corrected chi connectivity index (χ0v) is 10.7. The maximum atomic E-state index is 9.49. The molecule has 0 aliphatic carbocycles. The minimum atomic E-state index is -1.60. The summed E-state index contributed by atoms with van der Waals surface area (Å²) in [6, 6.07) is 0. The van der Waals surface area contributed by atoms with Gasteiger partial charge in [-0.05, 0) is 0 Å². The van der Waals surface area contributed by atoms with E-state index in [1.807, 2.05) is 45.2 Å². The molecule has 72 valence electrons. The topological polar surface area (TPSA) is 92.5 Å². The van der Waals surface area contributed by atoms with Crippen LogP contribution in [-0.4, -0.2) is 30.5 Å². The predicted octanol–water partition coefficient (Wildman–Crippen LogP) is -0.293. The molecule has 0 unspecified atom stereocenters. The summed E-state index contributed by atoms with van der Waals surface area (Å²) in [5.74, 6) is 0. The van der Waals surface area contributed by atoms with Crippen LogP contribution < -0.4 is 11.5 Å². The summed E-state index contributed by atoms with van der Waals surface area (Å²) in [6.45, 7) is 3.48. The van der Waals surface area contributed by atoms with Crippen molar-refractivity contribution >= 4 is 45.2 Å². The highest BCUT2D eigenvalue weighted by atomic mass is 127. The van der Waals surface area contributed by atoms with Gasteiger partial charge in [0.25, 0.3) is 0 Å². The Kier molecular flexibility index (Phi) is 4.90. The summed E-state index contributed by atoms with van der Waals surface area (Å²) in [4.78, 5) is 0. The summed E-state index contributed by atoms with van der Waals surface area (Å²) in [7, 11) is 0. The smallest absolute Gasteiger partial charge is 0.148 e. The molecule has 0 rings (SSSR count). The molecule has 6 N–H and O–H groups in total. The van der Waals surface area contributed by atoms with E-state index in [0.717, 1.165) is 0 Å². The lowest BCUT2D eigenvalue weighted by atomic mass is 9.98. The van der Waals surface area contributed by atoms with Gasteiger partial charge in [-0.2, -0.15) is 0 Å². The molecule has 0 aromatic rings. The molecule has 0 radical (unpaired) electrons. The highest BCUT2D eigenvalue weighted by molar-refractivity contribution is 14.1. The average Bonchev–Trinajstić information content (AvgIpc) is 2.03. The zero-order valence-electron chi connectivity index (χ0n) is 6.43. The van der Waals surface area contributed by atoms with Crippen molar-refractivity contribution < 1.29 is 10.2 Å². The van der Waals surface area contributed by atoms with Gasteiger partial charge >= 0.3 is 0 Å². The van der Waals surface area contributed by atoms with E-state index in [9.17, 15) is 10.2 Å². The highest BCUT2D eigenvalue weighted by Gasteiger charge is 2.36. The monoisotopic (exact) mass is 398 g/mol. The number of hydrogen-bond acceptors (Lipinski definition) is 4. The molecular weight excluding hydrogens is 386 g/mol. The molecule has 2 atom stereocenters. The van der Waals surface area contributed by atoms with Crippen LogP contribution in [0.25, 0.3) is 0 Å². The fourth-order valence-corrected chi connectivity index (χ4v) is 1.46. The molecule has 4 nitrogen and oxygen atoms in total. The molecule has 0 aromatic heterocycles. The van der Waals surface area contributed by atoms with E-state index in [0.29, 0.717) is 0 Å². The van der Waals surface area contributed by atoms with Crippen LogP contribution in [0.4, 0.5) is 0 Å². The van der Waals surface area contributed by atoms with Crippen LogP contribution in [0, 0.1) is 0 Å². The molecular formula is C6H12I2N2O2. The number of rotatable bonds is 4. The third kappa shape index (κ3) is 3.07. The number of hydrogen-bond donors (Lipinski definition) is 4. The Morgan fingerprint density at radius 2 is 1.42 bits per heavy atom. The molecule has 0 saturated carbocycles. The van der Waals surface area contributed by atoms with Gasteiger partial charge in [0, 0.05) is 14.4 Å². The number of aliphatic hydroxyl groups is 2. The first kappa shape index (κ1) is 13.0. The van der Waals surface area contributed by atoms with Crippen LogP contribution >= 0.6 is 45.2 Å². The summed E-state index contributed by atoms with van der Waals surface area (Å²) >= 11 is 3.79. The van der Waals surface area contributed by atoms with Crippen molar-refractivity contribution in [2.75, 3.05) is 8.86 Å². The van der Waals surface area contributed by atoms with E-state index in [2.05, 4.69) is 6.58 Å². The van der Waals surface area contributed by atoms with Crippen molar-refractivity contribution in [1.82, 2.24) is 0 Å². The van der Waals surface area contributed by atoms with Crippen LogP contribution in [0.1, 0.15) is 0 Å². The Morgan fingerprint density at radius 1 is 1.17 bits per heavy atom. The molecule has 0 saturated heterocycles. The molecule has 0 aromatic carbocycles. The Bertz CT molecular complexity index is 164. The molecule has 0 aliphatic heterocycles. The molecule has 0 spiro atoms. The van der Waals surface area contributed by atoms with Crippen molar-refractivity contribution in [3.63, 3.8) is 0 Å². The van der Waals surface area contributed by atoms with Crippen molar-refractivity contribution in [3.05, 3.63) is 12.2 Å². The summed E-state index contributed by atoms with van der Waals surface area (Å²) < 4.78 is 0.472. The van der Waals surface area contributed by atoms with E-state index in [-0.39, 0.29) is 14.4 Å². The molecule has 0 amide bonds. The molecule has 0 heterocycles. The van der Waals surface area contributed by atoms with Gasteiger partial charge in [0.2, 0.25) is 0 Å². The number of halogens is 2. The SMILES string of the molecule is C=C([C@](N)(O)CI)[C@](N)(O)CI.